The first kappa shape index (κ1) is 14.8. The van der Waals surface area contributed by atoms with Gasteiger partial charge in [0, 0.05) is 12.8 Å². The molecule has 0 rings (SSSR count). The van der Waals surface area contributed by atoms with Crippen molar-refractivity contribution in [1.82, 2.24) is 0 Å². The number of rotatable bonds is 6. The van der Waals surface area contributed by atoms with E-state index in [1.165, 1.54) is 18.8 Å². The zero-order valence-corrected chi connectivity index (χ0v) is 10.3. The van der Waals surface area contributed by atoms with E-state index < -0.39 is 13.3 Å². The Morgan fingerprint density at radius 1 is 1.56 bits per heavy atom. The van der Waals surface area contributed by atoms with Gasteiger partial charge in [-0.15, -0.1) is 0 Å². The van der Waals surface area contributed by atoms with Crippen molar-refractivity contribution in [2.24, 2.45) is 4.99 Å². The molecule has 0 amide bonds. The van der Waals surface area contributed by atoms with Gasteiger partial charge in [0.15, 0.2) is 5.70 Å². The molecule has 0 aromatic carbocycles. The molecule has 0 bridgehead atoms. The van der Waals surface area contributed by atoms with E-state index in [9.17, 15) is 14.2 Å². The third-order valence-electron chi connectivity index (χ3n) is 1.58. The summed E-state index contributed by atoms with van der Waals surface area (Å²) in [6, 6.07) is 0. The van der Waals surface area contributed by atoms with E-state index in [-0.39, 0.29) is 11.9 Å². The lowest BCUT2D eigenvalue weighted by Gasteiger charge is -2.09. The maximum atomic E-state index is 11.7. The fourth-order valence-corrected chi connectivity index (χ4v) is 2.06. The average Bonchev–Trinajstić information content (AvgIpc) is 2.23. The molecule has 0 N–H and O–H groups in total. The van der Waals surface area contributed by atoms with Gasteiger partial charge in [0.05, 0.1) is 13.7 Å². The van der Waals surface area contributed by atoms with Crippen molar-refractivity contribution in [3.8, 4) is 0 Å². The lowest BCUT2D eigenvalue weighted by Crippen LogP contribution is -2.04. The van der Waals surface area contributed by atoms with Crippen molar-refractivity contribution in [2.75, 3.05) is 26.5 Å². The quantitative estimate of drug-likeness (QED) is 0.232. The van der Waals surface area contributed by atoms with Crippen molar-refractivity contribution in [3.05, 3.63) is 11.8 Å². The molecule has 0 aliphatic rings. The van der Waals surface area contributed by atoms with Gasteiger partial charge in [0.1, 0.15) is 0 Å². The Morgan fingerprint density at radius 2 is 2.19 bits per heavy atom. The summed E-state index contributed by atoms with van der Waals surface area (Å²) in [6.45, 7) is 3.46. The topological polar surface area (TPSA) is 82.0 Å². The van der Waals surface area contributed by atoms with E-state index in [4.69, 9.17) is 4.52 Å². The summed E-state index contributed by atoms with van der Waals surface area (Å²) in [6.07, 6.45) is 2.48. The Balaban J connectivity index is 4.76. The van der Waals surface area contributed by atoms with Gasteiger partial charge >= 0.3 is 5.97 Å². The first-order chi connectivity index (χ1) is 7.46. The number of nitrogens with zero attached hydrogens (tertiary/aromatic N) is 1. The Morgan fingerprint density at radius 3 is 2.62 bits per heavy atom. The first-order valence-corrected chi connectivity index (χ1v) is 6.80. The Kier molecular flexibility index (Phi) is 6.58. The number of hydrogen-bond acceptors (Lipinski definition) is 6. The number of isocyanates is 1. The van der Waals surface area contributed by atoms with E-state index in [2.05, 4.69) is 9.73 Å². The molecule has 0 aromatic heterocycles. The van der Waals surface area contributed by atoms with Crippen LogP contribution in [0.5, 0.6) is 0 Å². The summed E-state index contributed by atoms with van der Waals surface area (Å²) in [5, 5.41) is 0. The molecule has 0 aliphatic heterocycles. The van der Waals surface area contributed by atoms with Gasteiger partial charge in [0.25, 0.3) is 0 Å². The largest absolute Gasteiger partial charge is 0.464 e. The van der Waals surface area contributed by atoms with Gasteiger partial charge < -0.3 is 9.26 Å². The smallest absolute Gasteiger partial charge is 0.357 e. The lowest BCUT2D eigenvalue weighted by molar-refractivity contribution is -0.136. The molecule has 0 saturated carbocycles. The number of carbonyl (C=O) groups excluding carboxylic acids is 2. The third-order valence-corrected chi connectivity index (χ3v) is 3.23. The maximum absolute atomic E-state index is 11.7. The molecule has 0 spiro atoms. The Hall–Kier alpha value is -1.22. The summed E-state index contributed by atoms with van der Waals surface area (Å²) < 4.78 is 21.0. The van der Waals surface area contributed by atoms with E-state index >= 15 is 0 Å². The second-order valence-corrected chi connectivity index (χ2v) is 5.55. The molecule has 1 atom stereocenters. The van der Waals surface area contributed by atoms with E-state index in [0.717, 1.165) is 7.11 Å². The van der Waals surface area contributed by atoms with Crippen LogP contribution >= 0.6 is 7.37 Å². The first-order valence-electron chi connectivity index (χ1n) is 4.54. The number of aliphatic imine (C=N–C) groups is 1. The van der Waals surface area contributed by atoms with E-state index in [1.807, 2.05) is 0 Å². The van der Waals surface area contributed by atoms with Crippen LogP contribution in [0.15, 0.2) is 16.8 Å². The molecule has 90 valence electrons. The van der Waals surface area contributed by atoms with Crippen molar-refractivity contribution < 1.29 is 23.4 Å². The Bertz CT molecular complexity index is 370. The van der Waals surface area contributed by atoms with Gasteiger partial charge in [-0.1, -0.05) is 0 Å². The van der Waals surface area contributed by atoms with Crippen LogP contribution in [0.2, 0.25) is 0 Å². The predicted octanol–water partition coefficient (Wildman–Crippen LogP) is 1.32. The molecule has 0 aromatic rings. The third kappa shape index (κ3) is 5.61. The van der Waals surface area contributed by atoms with Crippen molar-refractivity contribution >= 4 is 19.4 Å². The summed E-state index contributed by atoms with van der Waals surface area (Å²) in [4.78, 5) is 24.3. The standard InChI is InChI=1S/C9H14NO5P/c1-4-15-16(3,13)6-5-8(10-7-11)9(12)14-2/h5H,4,6H2,1-3H3. The van der Waals surface area contributed by atoms with E-state index in [1.54, 1.807) is 6.92 Å². The molecule has 16 heavy (non-hydrogen) atoms. The van der Waals surface area contributed by atoms with Gasteiger partial charge in [-0.05, 0) is 13.0 Å². The molecule has 7 heteroatoms. The number of methoxy groups -OCH3 is 1. The average molecular weight is 247 g/mol. The minimum Gasteiger partial charge on any atom is -0.464 e. The molecule has 0 heterocycles. The van der Waals surface area contributed by atoms with Crippen molar-refractivity contribution in [1.29, 1.82) is 0 Å². The molecule has 1 unspecified atom stereocenters. The lowest BCUT2D eigenvalue weighted by atomic mass is 10.4. The number of carbonyl (C=O) groups is 1. The number of ether oxygens (including phenoxy) is 1. The van der Waals surface area contributed by atoms with Crippen LogP contribution in [0.4, 0.5) is 0 Å². The summed E-state index contributed by atoms with van der Waals surface area (Å²) in [5.74, 6) is -0.778. The van der Waals surface area contributed by atoms with Crippen LogP contribution in [-0.4, -0.2) is 38.6 Å². The number of allylic oxidation sites excluding steroid dienone is 1. The van der Waals surface area contributed by atoms with Crippen molar-refractivity contribution in [3.63, 3.8) is 0 Å². The van der Waals surface area contributed by atoms with Gasteiger partial charge in [-0.25, -0.2) is 9.59 Å². The second kappa shape index (κ2) is 7.12. The van der Waals surface area contributed by atoms with Crippen LogP contribution in [-0.2, 0) is 23.4 Å². The number of esters is 1. The molecular weight excluding hydrogens is 233 g/mol. The highest BCUT2D eigenvalue weighted by atomic mass is 31.2. The van der Waals surface area contributed by atoms with Crippen LogP contribution < -0.4 is 0 Å². The molecule has 0 aliphatic carbocycles. The van der Waals surface area contributed by atoms with Crippen molar-refractivity contribution in [2.45, 2.75) is 6.92 Å². The Labute approximate surface area is 93.8 Å². The highest BCUT2D eigenvalue weighted by Gasteiger charge is 2.16. The molecule has 0 fully saturated rings. The maximum Gasteiger partial charge on any atom is 0.357 e. The molecule has 0 radical (unpaired) electrons. The van der Waals surface area contributed by atoms with Crippen LogP contribution in [0.1, 0.15) is 6.92 Å². The zero-order valence-electron chi connectivity index (χ0n) is 9.43. The SMILES string of the molecule is CCOP(C)(=O)CC=C(N=C=O)C(=O)OC. The van der Waals surface area contributed by atoms with Crippen LogP contribution in [0, 0.1) is 0 Å². The molecule has 6 nitrogen and oxygen atoms in total. The minimum absolute atomic E-state index is 0.0104. The number of hydrogen-bond donors (Lipinski definition) is 0. The molecule has 0 saturated heterocycles. The monoisotopic (exact) mass is 247 g/mol. The minimum atomic E-state index is -2.79. The predicted molar refractivity (Wildman–Crippen MR) is 58.2 cm³/mol. The van der Waals surface area contributed by atoms with Crippen LogP contribution in [0.3, 0.4) is 0 Å². The van der Waals surface area contributed by atoms with Gasteiger partial charge in [-0.2, -0.15) is 4.99 Å². The molecular formula is C9H14NO5P. The van der Waals surface area contributed by atoms with Crippen LogP contribution in [0.25, 0.3) is 0 Å². The summed E-state index contributed by atoms with van der Waals surface area (Å²) in [5.41, 5.74) is -0.223. The second-order valence-electron chi connectivity index (χ2n) is 2.90. The van der Waals surface area contributed by atoms with E-state index in [0.29, 0.717) is 6.61 Å². The normalized spacial score (nSPS) is 14.8. The fraction of sp³-hybridized carbons (Fsp3) is 0.556. The highest BCUT2D eigenvalue weighted by Crippen LogP contribution is 2.42. The highest BCUT2D eigenvalue weighted by molar-refractivity contribution is 7.58. The summed E-state index contributed by atoms with van der Waals surface area (Å²) in [7, 11) is -1.64. The van der Waals surface area contributed by atoms with Gasteiger partial charge in [-0.3, -0.25) is 4.57 Å². The zero-order chi connectivity index (χ0) is 12.6. The fourth-order valence-electron chi connectivity index (χ4n) is 0.906. The van der Waals surface area contributed by atoms with Gasteiger partial charge in [0.2, 0.25) is 13.4 Å². The summed E-state index contributed by atoms with van der Waals surface area (Å²) >= 11 is 0.